The van der Waals surface area contributed by atoms with E-state index in [4.69, 9.17) is 0 Å². The molecule has 0 rings (SSSR count). The van der Waals surface area contributed by atoms with Crippen LogP contribution < -0.4 is 0 Å². The quantitative estimate of drug-likeness (QED) is 0.602. The Kier molecular flexibility index (Phi) is 2.92. The van der Waals surface area contributed by atoms with Crippen molar-refractivity contribution in [3.8, 4) is 0 Å². The molecule has 1 unspecified atom stereocenters. The molecule has 0 amide bonds. The lowest BCUT2D eigenvalue weighted by molar-refractivity contribution is -0.306. The van der Waals surface area contributed by atoms with E-state index in [-0.39, 0.29) is 0 Å². The van der Waals surface area contributed by atoms with Crippen molar-refractivity contribution in [1.29, 1.82) is 0 Å². The molecule has 0 saturated carbocycles. The molecule has 8 heteroatoms. The largest absolute Gasteiger partial charge is 0.456 e. The van der Waals surface area contributed by atoms with Gasteiger partial charge < -0.3 is 0 Å². The van der Waals surface area contributed by atoms with Gasteiger partial charge >= 0.3 is 18.5 Å². The second-order valence-electron chi connectivity index (χ2n) is 1.77. The molecule has 0 aliphatic carbocycles. The molecule has 0 fully saturated rings. The van der Waals surface area contributed by atoms with E-state index >= 15 is 0 Å². The molecule has 0 heterocycles. The monoisotopic (exact) mass is 201 g/mol. The van der Waals surface area contributed by atoms with E-state index in [1.54, 1.807) is 0 Å². The van der Waals surface area contributed by atoms with Crippen LogP contribution in [0.5, 0.6) is 0 Å². The van der Waals surface area contributed by atoms with Gasteiger partial charge in [0.25, 0.3) is 0 Å². The lowest BCUT2D eigenvalue weighted by Gasteiger charge is -2.21. The third kappa shape index (κ3) is 1.98. The Balaban J connectivity index is 4.61. The first-order valence-electron chi connectivity index (χ1n) is 2.37. The van der Waals surface area contributed by atoms with E-state index in [9.17, 15) is 35.1 Å². The van der Waals surface area contributed by atoms with Crippen LogP contribution in [-0.4, -0.2) is 18.3 Å². The van der Waals surface area contributed by atoms with E-state index in [1.165, 1.54) is 0 Å². The fourth-order valence-corrected chi connectivity index (χ4v) is 0.281. The van der Waals surface area contributed by atoms with Gasteiger partial charge in [-0.05, 0) is 0 Å². The summed E-state index contributed by atoms with van der Waals surface area (Å²) in [6, 6.07) is 0. The van der Waals surface area contributed by atoms with Crippen LogP contribution in [-0.2, 0) is 0 Å². The van der Waals surface area contributed by atoms with Crippen LogP contribution in [0.4, 0.5) is 35.1 Å². The number of hydrogen-bond donors (Lipinski definition) is 0. The topological polar surface area (TPSA) is 0 Å². The van der Waals surface area contributed by atoms with Crippen LogP contribution in [0.2, 0.25) is 0 Å². The third-order valence-corrected chi connectivity index (χ3v) is 0.888. The molecular weight excluding hydrogens is 200 g/mol. The Morgan fingerprint density at radius 3 is 1.33 bits per heavy atom. The molecule has 0 aromatic rings. The normalized spacial score (nSPS) is 16.8. The van der Waals surface area contributed by atoms with Gasteiger partial charge in [-0.1, -0.05) is 0 Å². The van der Waals surface area contributed by atoms with Crippen LogP contribution in [0.25, 0.3) is 0 Å². The average molecular weight is 201 g/mol. The summed E-state index contributed by atoms with van der Waals surface area (Å²) in [4.78, 5) is 0. The zero-order valence-electron chi connectivity index (χ0n) is 5.10. The van der Waals surface area contributed by atoms with Gasteiger partial charge in [-0.15, -0.1) is 0 Å². The number of alkyl halides is 6. The highest BCUT2D eigenvalue weighted by molar-refractivity contribution is 4.92. The lowest BCUT2D eigenvalue weighted by atomic mass is 10.2. The molecule has 0 nitrogen and oxygen atoms in total. The first kappa shape index (κ1) is 11.4. The number of halogens is 8. The Morgan fingerprint density at radius 1 is 0.917 bits per heavy atom. The van der Waals surface area contributed by atoms with Crippen LogP contribution in [0, 0.1) is 6.43 Å². The number of hydrogen-bond acceptors (Lipinski definition) is 0. The Labute approximate surface area is 61.2 Å². The van der Waals surface area contributed by atoms with Crippen molar-refractivity contribution in [1.82, 2.24) is 0 Å². The minimum atomic E-state index is -6.31. The van der Waals surface area contributed by atoms with Gasteiger partial charge in [0.05, 0.1) is 0 Å². The predicted octanol–water partition coefficient (Wildman–Crippen LogP) is 2.95. The molecule has 12 heavy (non-hydrogen) atoms. The summed E-state index contributed by atoms with van der Waals surface area (Å²) in [6.07, 6.45) is -14.5. The molecule has 73 valence electrons. The summed E-state index contributed by atoms with van der Waals surface area (Å²) in [5.41, 5.74) is 0. The Bertz CT molecular complexity index is 146. The Hall–Kier alpha value is -0.560. The summed E-state index contributed by atoms with van der Waals surface area (Å²) in [5.74, 6) is -6.04. The molecule has 0 aromatic heterocycles. The van der Waals surface area contributed by atoms with E-state index in [2.05, 4.69) is 0 Å². The SMILES string of the molecule is F[C](F)C(F)C(F)(F)C(F)(F)F. The van der Waals surface area contributed by atoms with Crippen LogP contribution in [0.3, 0.4) is 0 Å². The van der Waals surface area contributed by atoms with Crippen LogP contribution in [0.15, 0.2) is 0 Å². The second-order valence-corrected chi connectivity index (χ2v) is 1.77. The minimum Gasteiger partial charge on any atom is -0.233 e. The molecular formula is C4HF8. The smallest absolute Gasteiger partial charge is 0.233 e. The van der Waals surface area contributed by atoms with E-state index < -0.39 is 24.7 Å². The summed E-state index contributed by atoms with van der Waals surface area (Å²) in [7, 11) is 0. The highest BCUT2D eigenvalue weighted by Crippen LogP contribution is 2.42. The zero-order chi connectivity index (χ0) is 10.2. The molecule has 0 aromatic carbocycles. The van der Waals surface area contributed by atoms with Crippen molar-refractivity contribution in [2.45, 2.75) is 18.3 Å². The first-order chi connectivity index (χ1) is 5.10. The van der Waals surface area contributed by atoms with Crippen molar-refractivity contribution in [3.63, 3.8) is 0 Å². The van der Waals surface area contributed by atoms with E-state index in [0.29, 0.717) is 0 Å². The summed E-state index contributed by atoms with van der Waals surface area (Å²) < 4.78 is 90.0. The predicted molar refractivity (Wildman–Crippen MR) is 21.4 cm³/mol. The molecule has 0 N–H and O–H groups in total. The van der Waals surface area contributed by atoms with Gasteiger partial charge in [0.15, 0.2) is 0 Å². The van der Waals surface area contributed by atoms with Crippen molar-refractivity contribution < 1.29 is 35.1 Å². The third-order valence-electron chi connectivity index (χ3n) is 0.888. The zero-order valence-corrected chi connectivity index (χ0v) is 5.10. The summed E-state index contributed by atoms with van der Waals surface area (Å²) in [6.45, 7) is 0. The maximum Gasteiger partial charge on any atom is 0.456 e. The van der Waals surface area contributed by atoms with Gasteiger partial charge in [0.1, 0.15) is 0 Å². The molecule has 0 aliphatic rings. The summed E-state index contributed by atoms with van der Waals surface area (Å²) in [5, 5.41) is 0. The van der Waals surface area contributed by atoms with E-state index in [0.717, 1.165) is 0 Å². The molecule has 0 aliphatic heterocycles. The molecule has 0 bridgehead atoms. The fourth-order valence-electron chi connectivity index (χ4n) is 0.281. The summed E-state index contributed by atoms with van der Waals surface area (Å²) >= 11 is 0. The second kappa shape index (κ2) is 3.06. The fraction of sp³-hybridized carbons (Fsp3) is 0.750. The minimum absolute atomic E-state index is 3.60. The van der Waals surface area contributed by atoms with Gasteiger partial charge in [0, 0.05) is 0 Å². The number of rotatable bonds is 2. The molecule has 1 atom stereocenters. The van der Waals surface area contributed by atoms with Gasteiger partial charge in [-0.2, -0.15) is 30.7 Å². The van der Waals surface area contributed by atoms with Crippen LogP contribution >= 0.6 is 0 Å². The van der Waals surface area contributed by atoms with Gasteiger partial charge in [-0.3, -0.25) is 0 Å². The van der Waals surface area contributed by atoms with Crippen molar-refractivity contribution in [2.75, 3.05) is 0 Å². The van der Waals surface area contributed by atoms with Crippen molar-refractivity contribution in [3.05, 3.63) is 6.43 Å². The Morgan fingerprint density at radius 2 is 1.25 bits per heavy atom. The highest BCUT2D eigenvalue weighted by Gasteiger charge is 2.66. The van der Waals surface area contributed by atoms with Crippen LogP contribution in [0.1, 0.15) is 0 Å². The standard InChI is InChI=1S/C4HF8/c5-1(2(6)7)3(8,9)4(10,11)12/h1H. The van der Waals surface area contributed by atoms with Crippen molar-refractivity contribution in [2.24, 2.45) is 0 Å². The molecule has 1 radical (unpaired) electrons. The maximum atomic E-state index is 11.6. The maximum absolute atomic E-state index is 11.6. The van der Waals surface area contributed by atoms with Gasteiger partial charge in [0.2, 0.25) is 6.17 Å². The van der Waals surface area contributed by atoms with Gasteiger partial charge in [-0.25, -0.2) is 4.39 Å². The molecule has 0 saturated heterocycles. The first-order valence-corrected chi connectivity index (χ1v) is 2.37. The average Bonchev–Trinajstić information content (AvgIpc) is 1.83. The molecule has 0 spiro atoms. The lowest BCUT2D eigenvalue weighted by Crippen LogP contribution is -2.46. The van der Waals surface area contributed by atoms with E-state index in [1.807, 2.05) is 0 Å². The van der Waals surface area contributed by atoms with Crippen molar-refractivity contribution >= 4 is 0 Å². The highest BCUT2D eigenvalue weighted by atomic mass is 19.4.